The lowest BCUT2D eigenvalue weighted by Gasteiger charge is -2.06. The van der Waals surface area contributed by atoms with Crippen LogP contribution in [0.4, 0.5) is 11.4 Å². The van der Waals surface area contributed by atoms with Gasteiger partial charge in [-0.15, -0.1) is 0 Å². The van der Waals surface area contributed by atoms with Gasteiger partial charge in [0.25, 0.3) is 0 Å². The molecule has 5 heteroatoms. The van der Waals surface area contributed by atoms with E-state index in [0.717, 1.165) is 24.3 Å². The molecular formula is C14H18N4O. The summed E-state index contributed by atoms with van der Waals surface area (Å²) in [7, 11) is 0. The van der Waals surface area contributed by atoms with E-state index in [4.69, 9.17) is 5.73 Å². The zero-order chi connectivity index (χ0) is 13.7. The second-order valence-electron chi connectivity index (χ2n) is 4.47. The van der Waals surface area contributed by atoms with Crippen molar-refractivity contribution in [3.05, 3.63) is 42.2 Å². The Kier molecular flexibility index (Phi) is 4.18. The molecule has 5 nitrogen and oxygen atoms in total. The van der Waals surface area contributed by atoms with Gasteiger partial charge in [0, 0.05) is 36.2 Å². The molecule has 0 radical (unpaired) electrons. The molecule has 19 heavy (non-hydrogen) atoms. The quantitative estimate of drug-likeness (QED) is 0.807. The molecule has 0 saturated heterocycles. The van der Waals surface area contributed by atoms with Gasteiger partial charge in [-0.3, -0.25) is 9.48 Å². The van der Waals surface area contributed by atoms with Gasteiger partial charge in [0.15, 0.2) is 0 Å². The van der Waals surface area contributed by atoms with Gasteiger partial charge in [0.2, 0.25) is 5.91 Å². The summed E-state index contributed by atoms with van der Waals surface area (Å²) in [4.78, 5) is 11.7. The molecule has 0 atom stereocenters. The summed E-state index contributed by atoms with van der Waals surface area (Å²) in [5.74, 6) is 0.00887. The topological polar surface area (TPSA) is 72.9 Å². The molecule has 1 amide bonds. The Labute approximate surface area is 112 Å². The van der Waals surface area contributed by atoms with E-state index in [9.17, 15) is 4.79 Å². The predicted molar refractivity (Wildman–Crippen MR) is 75.7 cm³/mol. The summed E-state index contributed by atoms with van der Waals surface area (Å²) in [6.45, 7) is 2.76. The third-order valence-electron chi connectivity index (χ3n) is 2.90. The number of carbonyl (C=O) groups is 1. The molecule has 3 N–H and O–H groups in total. The van der Waals surface area contributed by atoms with Crippen LogP contribution in [0.1, 0.15) is 18.5 Å². The maximum Gasteiger partial charge on any atom is 0.224 e. The lowest BCUT2D eigenvalue weighted by molar-refractivity contribution is -0.116. The lowest BCUT2D eigenvalue weighted by Crippen LogP contribution is -2.13. The summed E-state index contributed by atoms with van der Waals surface area (Å²) in [5, 5.41) is 7.02. The van der Waals surface area contributed by atoms with E-state index >= 15 is 0 Å². The first-order chi connectivity index (χ1) is 9.15. The van der Waals surface area contributed by atoms with Gasteiger partial charge in [-0.2, -0.15) is 5.10 Å². The molecule has 1 heterocycles. The Morgan fingerprint density at radius 1 is 1.32 bits per heavy atom. The number of aromatic nitrogens is 2. The summed E-state index contributed by atoms with van der Waals surface area (Å²) >= 11 is 0. The van der Waals surface area contributed by atoms with Crippen LogP contribution >= 0.6 is 0 Å². The van der Waals surface area contributed by atoms with Crippen molar-refractivity contribution >= 4 is 17.3 Å². The van der Waals surface area contributed by atoms with Crippen molar-refractivity contribution in [2.24, 2.45) is 0 Å². The van der Waals surface area contributed by atoms with Crippen molar-refractivity contribution in [3.8, 4) is 0 Å². The maximum absolute atomic E-state index is 11.7. The van der Waals surface area contributed by atoms with E-state index in [0.29, 0.717) is 12.1 Å². The van der Waals surface area contributed by atoms with Crippen molar-refractivity contribution < 1.29 is 4.79 Å². The van der Waals surface area contributed by atoms with Gasteiger partial charge in [0.1, 0.15) is 0 Å². The molecule has 2 aromatic rings. The summed E-state index contributed by atoms with van der Waals surface area (Å²) in [5.41, 5.74) is 8.15. The number of hydrogen-bond donors (Lipinski definition) is 2. The van der Waals surface area contributed by atoms with Crippen LogP contribution in [0, 0.1) is 6.92 Å². The number of benzene rings is 1. The largest absolute Gasteiger partial charge is 0.399 e. The van der Waals surface area contributed by atoms with E-state index in [1.807, 2.05) is 17.7 Å². The number of carbonyl (C=O) groups excluding carboxylic acids is 1. The number of hydrogen-bond acceptors (Lipinski definition) is 3. The molecule has 0 spiro atoms. The van der Waals surface area contributed by atoms with Gasteiger partial charge >= 0.3 is 0 Å². The first-order valence-electron chi connectivity index (χ1n) is 6.29. The zero-order valence-electron chi connectivity index (χ0n) is 11.0. The minimum absolute atomic E-state index is 0.00887. The average Bonchev–Trinajstić information content (AvgIpc) is 2.78. The van der Waals surface area contributed by atoms with Crippen molar-refractivity contribution in [1.82, 2.24) is 9.78 Å². The average molecular weight is 258 g/mol. The molecule has 0 aliphatic carbocycles. The van der Waals surface area contributed by atoms with Gasteiger partial charge in [-0.25, -0.2) is 0 Å². The third kappa shape index (κ3) is 3.84. The molecule has 0 bridgehead atoms. The fourth-order valence-corrected chi connectivity index (χ4v) is 1.81. The molecule has 1 aromatic heterocycles. The molecule has 100 valence electrons. The zero-order valence-corrected chi connectivity index (χ0v) is 11.0. The van der Waals surface area contributed by atoms with E-state index in [-0.39, 0.29) is 5.91 Å². The summed E-state index contributed by atoms with van der Waals surface area (Å²) in [6, 6.07) is 9.08. The van der Waals surface area contributed by atoms with E-state index in [2.05, 4.69) is 10.4 Å². The van der Waals surface area contributed by atoms with Gasteiger partial charge in [-0.05, 0) is 43.7 Å². The number of rotatable bonds is 5. The van der Waals surface area contributed by atoms with Crippen LogP contribution in [0.2, 0.25) is 0 Å². The molecule has 2 rings (SSSR count). The Morgan fingerprint density at radius 2 is 2.05 bits per heavy atom. The first-order valence-corrected chi connectivity index (χ1v) is 6.29. The molecule has 1 aromatic carbocycles. The van der Waals surface area contributed by atoms with E-state index in [1.165, 1.54) is 0 Å². The molecule has 0 unspecified atom stereocenters. The summed E-state index contributed by atoms with van der Waals surface area (Å²) < 4.78 is 1.90. The minimum Gasteiger partial charge on any atom is -0.399 e. The highest BCUT2D eigenvalue weighted by Gasteiger charge is 2.03. The van der Waals surface area contributed by atoms with Crippen LogP contribution < -0.4 is 11.1 Å². The van der Waals surface area contributed by atoms with Crippen LogP contribution in [0.3, 0.4) is 0 Å². The number of nitrogen functional groups attached to an aromatic ring is 1. The molecular weight excluding hydrogens is 240 g/mol. The highest BCUT2D eigenvalue weighted by atomic mass is 16.1. The lowest BCUT2D eigenvalue weighted by atomic mass is 10.2. The Morgan fingerprint density at radius 3 is 2.68 bits per heavy atom. The van der Waals surface area contributed by atoms with Crippen LogP contribution in [0.5, 0.6) is 0 Å². The van der Waals surface area contributed by atoms with Crippen LogP contribution in [0.15, 0.2) is 36.5 Å². The highest BCUT2D eigenvalue weighted by Crippen LogP contribution is 2.11. The standard InChI is InChI=1S/C14H18N4O/c1-11-8-9-16-18(11)10-2-3-14(19)17-13-6-4-12(15)5-7-13/h4-9H,2-3,10,15H2,1H3,(H,17,19). The highest BCUT2D eigenvalue weighted by molar-refractivity contribution is 5.90. The van der Waals surface area contributed by atoms with E-state index < -0.39 is 0 Å². The minimum atomic E-state index is 0.00887. The Balaban J connectivity index is 1.76. The Bertz CT molecular complexity index is 545. The van der Waals surface area contributed by atoms with Crippen molar-refractivity contribution in [2.45, 2.75) is 26.3 Å². The number of nitrogens with two attached hydrogens (primary N) is 1. The molecule has 0 aliphatic heterocycles. The smallest absolute Gasteiger partial charge is 0.224 e. The first kappa shape index (κ1) is 13.1. The molecule has 0 fully saturated rings. The molecule has 0 saturated carbocycles. The summed E-state index contributed by atoms with van der Waals surface area (Å²) in [6.07, 6.45) is 3.01. The van der Waals surface area contributed by atoms with Crippen LogP contribution in [-0.2, 0) is 11.3 Å². The number of amides is 1. The van der Waals surface area contributed by atoms with Gasteiger partial charge in [0.05, 0.1) is 0 Å². The van der Waals surface area contributed by atoms with Crippen molar-refractivity contribution in [2.75, 3.05) is 11.1 Å². The Hall–Kier alpha value is -2.30. The fraction of sp³-hybridized carbons (Fsp3) is 0.286. The van der Waals surface area contributed by atoms with Crippen LogP contribution in [0.25, 0.3) is 0 Å². The number of nitrogens with one attached hydrogen (secondary N) is 1. The maximum atomic E-state index is 11.7. The second kappa shape index (κ2) is 6.04. The molecule has 0 aliphatic rings. The number of anilines is 2. The predicted octanol–water partition coefficient (Wildman–Crippen LogP) is 2.19. The number of nitrogens with zero attached hydrogens (tertiary/aromatic N) is 2. The normalized spacial score (nSPS) is 10.4. The third-order valence-corrected chi connectivity index (χ3v) is 2.90. The monoisotopic (exact) mass is 258 g/mol. The fourth-order valence-electron chi connectivity index (χ4n) is 1.81. The van der Waals surface area contributed by atoms with Crippen molar-refractivity contribution in [1.29, 1.82) is 0 Å². The van der Waals surface area contributed by atoms with E-state index in [1.54, 1.807) is 30.5 Å². The van der Waals surface area contributed by atoms with Crippen LogP contribution in [-0.4, -0.2) is 15.7 Å². The van der Waals surface area contributed by atoms with Gasteiger partial charge < -0.3 is 11.1 Å². The van der Waals surface area contributed by atoms with Gasteiger partial charge in [-0.1, -0.05) is 0 Å². The second-order valence-corrected chi connectivity index (χ2v) is 4.47. The SMILES string of the molecule is Cc1ccnn1CCCC(=O)Nc1ccc(N)cc1. The number of aryl methyl sites for hydroxylation is 2. The van der Waals surface area contributed by atoms with Crippen molar-refractivity contribution in [3.63, 3.8) is 0 Å².